The zero-order valence-electron chi connectivity index (χ0n) is 13.9. The summed E-state index contributed by atoms with van der Waals surface area (Å²) in [5, 5.41) is 9.83. The molecule has 5 atom stereocenters. The van der Waals surface area contributed by atoms with Gasteiger partial charge in [-0.25, -0.2) is 0 Å². The summed E-state index contributed by atoms with van der Waals surface area (Å²) < 4.78 is 16.9. The van der Waals surface area contributed by atoms with Gasteiger partial charge in [-0.15, -0.1) is 0 Å². The van der Waals surface area contributed by atoms with Crippen molar-refractivity contribution in [3.8, 4) is 0 Å². The highest BCUT2D eigenvalue weighted by Crippen LogP contribution is 2.48. The van der Waals surface area contributed by atoms with Gasteiger partial charge >= 0.3 is 5.97 Å². The molecule has 0 aromatic rings. The second-order valence-corrected chi connectivity index (χ2v) is 7.00. The van der Waals surface area contributed by atoms with Crippen molar-refractivity contribution in [2.75, 3.05) is 19.8 Å². The summed E-state index contributed by atoms with van der Waals surface area (Å²) in [6, 6.07) is 0. The van der Waals surface area contributed by atoms with Gasteiger partial charge in [0.2, 0.25) is 0 Å². The highest BCUT2D eigenvalue weighted by Gasteiger charge is 2.46. The van der Waals surface area contributed by atoms with E-state index in [1.165, 1.54) is 12.5 Å². The highest BCUT2D eigenvalue weighted by molar-refractivity contribution is 5.65. The molecule has 5 unspecified atom stereocenters. The van der Waals surface area contributed by atoms with Gasteiger partial charge in [-0.3, -0.25) is 4.79 Å². The molecule has 1 saturated carbocycles. The van der Waals surface area contributed by atoms with E-state index in [2.05, 4.69) is 6.08 Å². The fourth-order valence-corrected chi connectivity index (χ4v) is 4.31. The normalized spacial score (nSPS) is 36.6. The number of allylic oxidation sites excluding steroid dienone is 1. The summed E-state index contributed by atoms with van der Waals surface area (Å²) in [5.41, 5.74) is 1.35. The number of hydrogen-bond donors (Lipinski definition) is 1. The number of carbonyl (C=O) groups is 1. The molecular weight excluding hydrogens is 296 g/mol. The van der Waals surface area contributed by atoms with Crippen LogP contribution in [0.5, 0.6) is 0 Å². The van der Waals surface area contributed by atoms with Crippen molar-refractivity contribution in [3.63, 3.8) is 0 Å². The van der Waals surface area contributed by atoms with Gasteiger partial charge in [-0.05, 0) is 43.9 Å². The summed E-state index contributed by atoms with van der Waals surface area (Å²) in [7, 11) is 0. The van der Waals surface area contributed by atoms with Gasteiger partial charge in [0.1, 0.15) is 0 Å². The molecule has 1 heterocycles. The van der Waals surface area contributed by atoms with Crippen LogP contribution in [-0.2, 0) is 19.0 Å². The van der Waals surface area contributed by atoms with E-state index in [0.29, 0.717) is 18.4 Å². The van der Waals surface area contributed by atoms with Crippen LogP contribution in [0.25, 0.3) is 0 Å². The molecule has 0 spiro atoms. The van der Waals surface area contributed by atoms with Gasteiger partial charge < -0.3 is 19.3 Å². The van der Waals surface area contributed by atoms with Crippen LogP contribution < -0.4 is 0 Å². The third-order valence-electron chi connectivity index (χ3n) is 5.43. The van der Waals surface area contributed by atoms with E-state index in [-0.39, 0.29) is 30.9 Å². The molecule has 0 radical (unpaired) electrons. The van der Waals surface area contributed by atoms with E-state index >= 15 is 0 Å². The minimum Gasteiger partial charge on any atom is -0.466 e. The number of ether oxygens (including phenoxy) is 3. The molecule has 5 nitrogen and oxygen atoms in total. The van der Waals surface area contributed by atoms with Crippen molar-refractivity contribution in [1.82, 2.24) is 0 Å². The molecular formula is C18H28O5. The third kappa shape index (κ3) is 4.14. The first-order valence-electron chi connectivity index (χ1n) is 8.88. The van der Waals surface area contributed by atoms with Crippen molar-refractivity contribution in [3.05, 3.63) is 11.6 Å². The Morgan fingerprint density at radius 2 is 2.30 bits per heavy atom. The van der Waals surface area contributed by atoms with Crippen LogP contribution in [0.2, 0.25) is 0 Å². The Morgan fingerprint density at radius 3 is 3.00 bits per heavy atom. The Kier molecular flexibility index (Phi) is 5.72. The Bertz CT molecular complexity index is 441. The smallest absolute Gasteiger partial charge is 0.302 e. The van der Waals surface area contributed by atoms with Gasteiger partial charge in [-0.2, -0.15) is 0 Å². The maximum Gasteiger partial charge on any atom is 0.302 e. The number of aliphatic hydroxyl groups is 1. The molecule has 3 rings (SSSR count). The van der Waals surface area contributed by atoms with E-state index in [0.717, 1.165) is 45.1 Å². The predicted octanol–water partition coefficient (Wildman–Crippen LogP) is 2.43. The topological polar surface area (TPSA) is 65.0 Å². The Balaban J connectivity index is 1.52. The second-order valence-electron chi connectivity index (χ2n) is 7.00. The van der Waals surface area contributed by atoms with Crippen LogP contribution in [0.15, 0.2) is 11.6 Å². The van der Waals surface area contributed by atoms with Crippen molar-refractivity contribution in [1.29, 1.82) is 0 Å². The average Bonchev–Trinajstić information content (AvgIpc) is 3.04. The van der Waals surface area contributed by atoms with Crippen LogP contribution >= 0.6 is 0 Å². The number of hydrogen-bond acceptors (Lipinski definition) is 5. The van der Waals surface area contributed by atoms with Gasteiger partial charge in [0.25, 0.3) is 0 Å². The van der Waals surface area contributed by atoms with Crippen molar-refractivity contribution in [2.24, 2.45) is 17.8 Å². The maximum absolute atomic E-state index is 10.8. The lowest BCUT2D eigenvalue weighted by molar-refractivity contribution is -0.198. The molecule has 23 heavy (non-hydrogen) atoms. The molecule has 0 aromatic carbocycles. The fraction of sp³-hybridized carbons (Fsp3) is 0.833. The summed E-state index contributed by atoms with van der Waals surface area (Å²) in [5.74, 6) is 0.903. The first-order valence-corrected chi connectivity index (χ1v) is 8.88. The number of fused-ring (bicyclic) bond motifs is 1. The summed E-state index contributed by atoms with van der Waals surface area (Å²) in [6.07, 6.45) is 8.34. The Labute approximate surface area is 138 Å². The largest absolute Gasteiger partial charge is 0.466 e. The van der Waals surface area contributed by atoms with Crippen LogP contribution in [0.3, 0.4) is 0 Å². The number of rotatable bonds is 6. The zero-order chi connectivity index (χ0) is 16.2. The molecule has 1 saturated heterocycles. The van der Waals surface area contributed by atoms with E-state index in [1.54, 1.807) is 0 Å². The summed E-state index contributed by atoms with van der Waals surface area (Å²) >= 11 is 0. The van der Waals surface area contributed by atoms with Gasteiger partial charge in [0.05, 0.1) is 12.7 Å². The highest BCUT2D eigenvalue weighted by atomic mass is 16.7. The fourth-order valence-electron chi connectivity index (χ4n) is 4.31. The molecule has 130 valence electrons. The van der Waals surface area contributed by atoms with Crippen LogP contribution in [0, 0.1) is 17.8 Å². The first kappa shape index (κ1) is 16.9. The summed E-state index contributed by atoms with van der Waals surface area (Å²) in [4.78, 5) is 10.8. The molecule has 1 N–H and O–H groups in total. The molecule has 1 aliphatic heterocycles. The first-order chi connectivity index (χ1) is 11.2. The van der Waals surface area contributed by atoms with Crippen molar-refractivity contribution in [2.45, 2.75) is 57.8 Å². The quantitative estimate of drug-likeness (QED) is 0.600. The van der Waals surface area contributed by atoms with E-state index in [9.17, 15) is 9.90 Å². The lowest BCUT2D eigenvalue weighted by atomic mass is 9.90. The SMILES string of the molecule is CC(=O)OCCC1=CC2CC(OC3CCCCO3)C(CO)C2C1. The predicted molar refractivity (Wildman–Crippen MR) is 84.6 cm³/mol. The molecule has 0 aromatic heterocycles. The minimum absolute atomic E-state index is 0.0888. The molecule has 3 aliphatic rings. The number of aliphatic hydroxyl groups excluding tert-OH is 1. The molecule has 0 amide bonds. The number of carbonyl (C=O) groups excluding carboxylic acids is 1. The van der Waals surface area contributed by atoms with Crippen LogP contribution in [0.4, 0.5) is 0 Å². The molecule has 5 heteroatoms. The van der Waals surface area contributed by atoms with E-state index in [1.807, 2.05) is 0 Å². The molecule has 2 fully saturated rings. The summed E-state index contributed by atoms with van der Waals surface area (Å²) in [6.45, 7) is 2.85. The van der Waals surface area contributed by atoms with E-state index < -0.39 is 0 Å². The van der Waals surface area contributed by atoms with Gasteiger partial charge in [-0.1, -0.05) is 11.6 Å². The average molecular weight is 324 g/mol. The van der Waals surface area contributed by atoms with Crippen molar-refractivity contribution >= 4 is 5.97 Å². The molecule has 2 aliphatic carbocycles. The maximum atomic E-state index is 10.8. The Hall–Kier alpha value is -0.910. The monoisotopic (exact) mass is 324 g/mol. The van der Waals surface area contributed by atoms with E-state index in [4.69, 9.17) is 14.2 Å². The lowest BCUT2D eigenvalue weighted by Crippen LogP contribution is -2.32. The number of esters is 1. The van der Waals surface area contributed by atoms with Crippen LogP contribution in [-0.4, -0.2) is 43.3 Å². The van der Waals surface area contributed by atoms with Crippen molar-refractivity contribution < 1.29 is 24.1 Å². The standard InChI is InChI=1S/C18H28O5/c1-12(20)21-7-5-13-8-14-10-17(16(11-19)15(14)9-13)23-18-4-2-3-6-22-18/h8,14-19H,2-7,9-11H2,1H3. The Morgan fingerprint density at radius 1 is 1.43 bits per heavy atom. The second kappa shape index (κ2) is 7.77. The minimum atomic E-state index is -0.224. The lowest BCUT2D eigenvalue weighted by Gasteiger charge is -2.29. The third-order valence-corrected chi connectivity index (χ3v) is 5.43. The zero-order valence-corrected chi connectivity index (χ0v) is 13.9. The van der Waals surface area contributed by atoms with Gasteiger partial charge in [0, 0.05) is 32.5 Å². The van der Waals surface area contributed by atoms with Crippen LogP contribution in [0.1, 0.15) is 45.4 Å². The molecule has 0 bridgehead atoms. The van der Waals surface area contributed by atoms with Gasteiger partial charge in [0.15, 0.2) is 6.29 Å².